The number of halogens is 3. The van der Waals surface area contributed by atoms with Crippen molar-refractivity contribution in [2.24, 2.45) is 18.7 Å². The van der Waals surface area contributed by atoms with Crippen molar-refractivity contribution in [2.45, 2.75) is 57.7 Å². The maximum atomic E-state index is 15.0. The summed E-state index contributed by atoms with van der Waals surface area (Å²) in [6.45, 7) is 2.27. The van der Waals surface area contributed by atoms with Gasteiger partial charge in [0.05, 0.1) is 29.4 Å². The molecule has 1 aliphatic heterocycles. The highest BCUT2D eigenvalue weighted by molar-refractivity contribution is 6.36. The molecule has 3 aliphatic rings. The molecule has 13 heteroatoms. The van der Waals surface area contributed by atoms with Crippen LogP contribution in [0.1, 0.15) is 70.5 Å². The summed E-state index contributed by atoms with van der Waals surface area (Å²) in [5.74, 6) is -0.291. The molecule has 1 saturated carbocycles. The summed E-state index contributed by atoms with van der Waals surface area (Å²) in [5.41, 5.74) is 11.9. The first-order chi connectivity index (χ1) is 24.7. The monoisotopic (exact) mass is 735 g/mol. The van der Waals surface area contributed by atoms with Gasteiger partial charge < -0.3 is 29.8 Å². The second-order valence-corrected chi connectivity index (χ2v) is 14.0. The Morgan fingerprint density at radius 2 is 1.84 bits per heavy atom. The van der Waals surface area contributed by atoms with Crippen LogP contribution < -0.4 is 20.5 Å². The molecule has 0 spiro atoms. The number of benzene rings is 3. The minimum atomic E-state index is -0.655. The predicted molar refractivity (Wildman–Crippen MR) is 193 cm³/mol. The summed E-state index contributed by atoms with van der Waals surface area (Å²) in [5, 5.41) is 3.25. The molecule has 2 aliphatic carbocycles. The van der Waals surface area contributed by atoms with Gasteiger partial charge in [-0.05, 0) is 48.4 Å². The standard InChI is InChI=1S/C38H40Cl2FN5O5/c1-45-29-14-15-46(16-17-50-38(48)21-6-3-7-21)20-28(29)43-36(45)37(47)44-27-11-5-10-25(33(27)39)22-8-4-9-24-23(22)12-13-30(24)51-32-18-31(49-2)26(19-42)35(41)34(32)40/h4-5,8-11,18,21,30H,3,6-7,12-17,19-20,42H2,1-2H3,(H,44,47). The summed E-state index contributed by atoms with van der Waals surface area (Å²) in [6, 6.07) is 13.0. The topological polar surface area (TPSA) is 121 Å². The lowest BCUT2D eigenvalue weighted by Gasteiger charge is -2.27. The first kappa shape index (κ1) is 35.3. The molecule has 1 unspecified atom stereocenters. The number of esters is 1. The van der Waals surface area contributed by atoms with Crippen LogP contribution in [0.25, 0.3) is 11.1 Å². The first-order valence-corrected chi connectivity index (χ1v) is 18.0. The Morgan fingerprint density at radius 1 is 1.06 bits per heavy atom. The van der Waals surface area contributed by atoms with Gasteiger partial charge in [-0.2, -0.15) is 0 Å². The van der Waals surface area contributed by atoms with E-state index in [4.69, 9.17) is 48.1 Å². The lowest BCUT2D eigenvalue weighted by atomic mass is 9.86. The van der Waals surface area contributed by atoms with Crippen LogP contribution in [0.5, 0.6) is 11.5 Å². The molecule has 51 heavy (non-hydrogen) atoms. The van der Waals surface area contributed by atoms with Gasteiger partial charge in [0.25, 0.3) is 5.91 Å². The van der Waals surface area contributed by atoms with Crippen LogP contribution >= 0.6 is 23.2 Å². The van der Waals surface area contributed by atoms with E-state index >= 15 is 4.39 Å². The zero-order valence-corrected chi connectivity index (χ0v) is 30.1. The second kappa shape index (κ2) is 14.8. The summed E-state index contributed by atoms with van der Waals surface area (Å²) in [4.78, 5) is 32.6. The number of ether oxygens (including phenoxy) is 3. The van der Waals surface area contributed by atoms with Crippen molar-refractivity contribution in [3.8, 4) is 22.6 Å². The number of fused-ring (bicyclic) bond motifs is 2. The Balaban J connectivity index is 1.06. The van der Waals surface area contributed by atoms with Gasteiger partial charge in [0.1, 0.15) is 29.2 Å². The molecule has 1 atom stereocenters. The van der Waals surface area contributed by atoms with E-state index < -0.39 is 5.82 Å². The van der Waals surface area contributed by atoms with E-state index in [-0.39, 0.29) is 52.5 Å². The summed E-state index contributed by atoms with van der Waals surface area (Å²) < 4.78 is 34.0. The molecule has 4 aromatic rings. The number of aromatic nitrogens is 2. The van der Waals surface area contributed by atoms with Crippen LogP contribution in [0.3, 0.4) is 0 Å². The number of nitrogens with one attached hydrogen (secondary N) is 1. The van der Waals surface area contributed by atoms with Crippen molar-refractivity contribution < 1.29 is 28.2 Å². The number of imidazole rings is 1. The fourth-order valence-corrected chi connectivity index (χ4v) is 7.74. The Bertz CT molecular complexity index is 2000. The highest BCUT2D eigenvalue weighted by atomic mass is 35.5. The summed E-state index contributed by atoms with van der Waals surface area (Å²) in [6.07, 6.45) is 4.64. The molecule has 2 heterocycles. The zero-order chi connectivity index (χ0) is 35.8. The van der Waals surface area contributed by atoms with Crippen LogP contribution in [-0.4, -0.2) is 53.1 Å². The average molecular weight is 737 g/mol. The SMILES string of the molecule is COc1cc(OC2CCc3c(-c4cccc(NC(=O)c5nc6c(n5C)CCN(CCOC(=O)C5CCC5)C6)c4Cl)cccc32)c(Cl)c(F)c1CN. The van der Waals surface area contributed by atoms with Crippen LogP contribution in [0, 0.1) is 11.7 Å². The lowest BCUT2D eigenvalue weighted by molar-refractivity contribution is -0.151. The fourth-order valence-electron chi connectivity index (χ4n) is 7.25. The van der Waals surface area contributed by atoms with Gasteiger partial charge in [-0.25, -0.2) is 9.37 Å². The normalized spacial score (nSPS) is 17.0. The molecule has 268 valence electrons. The van der Waals surface area contributed by atoms with Crippen molar-refractivity contribution in [3.05, 3.63) is 92.2 Å². The maximum Gasteiger partial charge on any atom is 0.308 e. The summed E-state index contributed by atoms with van der Waals surface area (Å²) >= 11 is 13.4. The van der Waals surface area contributed by atoms with Gasteiger partial charge in [-0.1, -0.05) is 60.0 Å². The molecule has 7 rings (SSSR count). The Hall–Kier alpha value is -4.16. The van der Waals surface area contributed by atoms with E-state index in [1.165, 1.54) is 7.11 Å². The van der Waals surface area contributed by atoms with E-state index in [1.54, 1.807) is 12.1 Å². The number of nitrogens with two attached hydrogens (primary N) is 1. The third-order valence-electron chi connectivity index (χ3n) is 10.3. The summed E-state index contributed by atoms with van der Waals surface area (Å²) in [7, 11) is 3.30. The molecule has 10 nitrogen and oxygen atoms in total. The fraction of sp³-hybridized carbons (Fsp3) is 0.395. The number of nitrogens with zero attached hydrogens (tertiary/aromatic N) is 3. The van der Waals surface area contributed by atoms with E-state index in [9.17, 15) is 9.59 Å². The van der Waals surface area contributed by atoms with Crippen LogP contribution in [0.4, 0.5) is 10.1 Å². The number of rotatable bonds is 11. The number of methoxy groups -OCH3 is 1. The van der Waals surface area contributed by atoms with Crippen molar-refractivity contribution in [1.82, 2.24) is 14.5 Å². The molecular formula is C38H40Cl2FN5O5. The van der Waals surface area contributed by atoms with Crippen LogP contribution in [0.2, 0.25) is 10.0 Å². The number of anilines is 1. The van der Waals surface area contributed by atoms with Gasteiger partial charge in [-0.3, -0.25) is 14.5 Å². The number of carbonyl (C=O) groups is 2. The van der Waals surface area contributed by atoms with Crippen molar-refractivity contribution >= 4 is 40.8 Å². The largest absolute Gasteiger partial charge is 0.496 e. The van der Waals surface area contributed by atoms with Crippen molar-refractivity contribution in [2.75, 3.05) is 32.1 Å². The van der Waals surface area contributed by atoms with E-state index in [0.29, 0.717) is 49.1 Å². The molecular weight excluding hydrogens is 696 g/mol. The second-order valence-electron chi connectivity index (χ2n) is 13.2. The van der Waals surface area contributed by atoms with Crippen molar-refractivity contribution in [1.29, 1.82) is 0 Å². The lowest BCUT2D eigenvalue weighted by Crippen LogP contribution is -2.35. The molecule has 3 aromatic carbocycles. The van der Waals surface area contributed by atoms with Gasteiger partial charge >= 0.3 is 5.97 Å². The average Bonchev–Trinajstić information content (AvgIpc) is 3.67. The minimum Gasteiger partial charge on any atom is -0.496 e. The first-order valence-electron chi connectivity index (χ1n) is 17.3. The van der Waals surface area contributed by atoms with E-state index in [1.807, 2.05) is 41.9 Å². The molecule has 1 fully saturated rings. The molecule has 1 aromatic heterocycles. The Kier molecular flexibility index (Phi) is 10.2. The van der Waals surface area contributed by atoms with E-state index in [2.05, 4.69) is 10.2 Å². The number of hydrogen-bond acceptors (Lipinski definition) is 8. The number of amides is 1. The minimum absolute atomic E-state index is 0.0608. The van der Waals surface area contributed by atoms with E-state index in [0.717, 1.165) is 65.9 Å². The molecule has 0 bridgehead atoms. The van der Waals surface area contributed by atoms with Crippen LogP contribution in [-0.2, 0) is 42.5 Å². The zero-order valence-electron chi connectivity index (χ0n) is 28.6. The van der Waals surface area contributed by atoms with Gasteiger partial charge in [0.15, 0.2) is 11.6 Å². The van der Waals surface area contributed by atoms with Gasteiger partial charge in [0.2, 0.25) is 0 Å². The van der Waals surface area contributed by atoms with Gasteiger partial charge in [0, 0.05) is 62.5 Å². The number of carbonyl (C=O) groups excluding carboxylic acids is 2. The third-order valence-corrected chi connectivity index (χ3v) is 11.1. The quantitative estimate of drug-likeness (QED) is 0.158. The Morgan fingerprint density at radius 3 is 2.59 bits per heavy atom. The van der Waals surface area contributed by atoms with Crippen molar-refractivity contribution in [3.63, 3.8) is 0 Å². The smallest absolute Gasteiger partial charge is 0.308 e. The predicted octanol–water partition coefficient (Wildman–Crippen LogP) is 7.02. The molecule has 1 amide bonds. The highest BCUT2D eigenvalue weighted by Gasteiger charge is 2.31. The Labute approximate surface area is 306 Å². The van der Waals surface area contributed by atoms with Gasteiger partial charge in [-0.15, -0.1) is 0 Å². The molecule has 3 N–H and O–H groups in total. The third kappa shape index (κ3) is 6.80. The van der Waals surface area contributed by atoms with Crippen LogP contribution in [0.15, 0.2) is 42.5 Å². The number of hydrogen-bond donors (Lipinski definition) is 2. The highest BCUT2D eigenvalue weighted by Crippen LogP contribution is 2.45. The maximum absolute atomic E-state index is 15.0. The molecule has 0 radical (unpaired) electrons. The molecule has 0 saturated heterocycles.